The monoisotopic (exact) mass is 423 g/mol. The van der Waals surface area contributed by atoms with Gasteiger partial charge in [0.05, 0.1) is 0 Å². The van der Waals surface area contributed by atoms with E-state index >= 15 is 0 Å². The van der Waals surface area contributed by atoms with Gasteiger partial charge in [-0.2, -0.15) is 4.39 Å². The van der Waals surface area contributed by atoms with Crippen LogP contribution in [-0.4, -0.2) is 17.6 Å². The summed E-state index contributed by atoms with van der Waals surface area (Å²) in [6.07, 6.45) is 1.44. The van der Waals surface area contributed by atoms with E-state index < -0.39 is 11.5 Å². The molecule has 156 valence electrons. The molecule has 2 N–H and O–H groups in total. The van der Waals surface area contributed by atoms with E-state index in [1.54, 1.807) is 12.1 Å². The third kappa shape index (κ3) is 2.62. The van der Waals surface area contributed by atoms with Gasteiger partial charge in [-0.3, -0.25) is 0 Å². The van der Waals surface area contributed by atoms with Crippen molar-refractivity contribution >= 4 is 5.84 Å². The summed E-state index contributed by atoms with van der Waals surface area (Å²) in [6.45, 7) is 0.184. The third-order valence-corrected chi connectivity index (χ3v) is 6.02. The van der Waals surface area contributed by atoms with E-state index in [-0.39, 0.29) is 6.79 Å². The van der Waals surface area contributed by atoms with Gasteiger partial charge in [0.1, 0.15) is 11.4 Å². The zero-order valence-corrected chi connectivity index (χ0v) is 17.0. The van der Waals surface area contributed by atoms with Crippen LogP contribution in [0.15, 0.2) is 90.1 Å². The number of rotatable bonds is 3. The maximum Gasteiger partial charge on any atom is 0.231 e. The lowest BCUT2D eigenvalue weighted by molar-refractivity contribution is 0.174. The first-order valence-electron chi connectivity index (χ1n) is 10.2. The fourth-order valence-corrected chi connectivity index (χ4v) is 4.56. The SMILES string of the molecule is NC1=NC(c2cccc(-c3cccnc3F)c2)(c2ccc3c(c2)OCO3)c2ccccc21. The normalized spacial score (nSPS) is 18.3. The van der Waals surface area contributed by atoms with E-state index in [1.807, 2.05) is 66.7 Å². The number of aliphatic imine (C=N–C) groups is 1. The molecule has 1 atom stereocenters. The van der Waals surface area contributed by atoms with Crippen LogP contribution in [0.3, 0.4) is 0 Å². The van der Waals surface area contributed by atoms with Gasteiger partial charge < -0.3 is 15.2 Å². The smallest absolute Gasteiger partial charge is 0.231 e. The average Bonchev–Trinajstić information content (AvgIpc) is 3.42. The quantitative estimate of drug-likeness (QED) is 0.488. The van der Waals surface area contributed by atoms with Crippen LogP contribution >= 0.6 is 0 Å². The minimum Gasteiger partial charge on any atom is -0.454 e. The van der Waals surface area contributed by atoms with E-state index in [1.165, 1.54) is 6.20 Å². The molecule has 6 heteroatoms. The van der Waals surface area contributed by atoms with Crippen molar-refractivity contribution in [3.8, 4) is 22.6 Å². The summed E-state index contributed by atoms with van der Waals surface area (Å²) in [7, 11) is 0. The maximum absolute atomic E-state index is 14.5. The number of halogens is 1. The molecule has 3 aromatic carbocycles. The van der Waals surface area contributed by atoms with Gasteiger partial charge in [0.25, 0.3) is 0 Å². The number of ether oxygens (including phenoxy) is 2. The summed E-state index contributed by atoms with van der Waals surface area (Å²) < 4.78 is 25.6. The van der Waals surface area contributed by atoms with E-state index in [2.05, 4.69) is 4.98 Å². The second-order valence-corrected chi connectivity index (χ2v) is 7.74. The Bertz CT molecular complexity index is 1400. The summed E-state index contributed by atoms with van der Waals surface area (Å²) in [6, 6.07) is 24.9. The van der Waals surface area contributed by atoms with E-state index in [0.29, 0.717) is 28.5 Å². The van der Waals surface area contributed by atoms with Gasteiger partial charge in [0.15, 0.2) is 11.5 Å². The van der Waals surface area contributed by atoms with Gasteiger partial charge in [0, 0.05) is 17.3 Å². The first-order chi connectivity index (χ1) is 15.7. The van der Waals surface area contributed by atoms with Crippen molar-refractivity contribution in [3.63, 3.8) is 0 Å². The summed E-state index contributed by atoms with van der Waals surface area (Å²) >= 11 is 0. The molecule has 5 nitrogen and oxygen atoms in total. The lowest BCUT2D eigenvalue weighted by Gasteiger charge is -2.29. The Labute approximate surface area is 184 Å². The van der Waals surface area contributed by atoms with E-state index in [4.69, 9.17) is 20.2 Å². The third-order valence-electron chi connectivity index (χ3n) is 6.02. The van der Waals surface area contributed by atoms with Gasteiger partial charge in [-0.05, 0) is 52.6 Å². The Kier molecular flexibility index (Phi) is 4.01. The van der Waals surface area contributed by atoms with Crippen molar-refractivity contribution in [2.24, 2.45) is 10.7 Å². The molecule has 0 saturated heterocycles. The Balaban J connectivity index is 1.63. The highest BCUT2D eigenvalue weighted by molar-refractivity contribution is 6.03. The molecule has 6 rings (SSSR count). The van der Waals surface area contributed by atoms with Crippen molar-refractivity contribution in [1.29, 1.82) is 0 Å². The van der Waals surface area contributed by atoms with Gasteiger partial charge in [0.2, 0.25) is 12.7 Å². The van der Waals surface area contributed by atoms with Gasteiger partial charge >= 0.3 is 0 Å². The van der Waals surface area contributed by atoms with Crippen LogP contribution in [0.1, 0.15) is 22.3 Å². The second kappa shape index (κ2) is 6.92. The maximum atomic E-state index is 14.5. The Hall–Kier alpha value is -4.19. The molecular formula is C26H18FN3O2. The number of pyridine rings is 1. The molecule has 0 spiro atoms. The summed E-state index contributed by atoms with van der Waals surface area (Å²) in [4.78, 5) is 8.80. The standard InChI is InChI=1S/C26H18FN3O2/c27-24-19(8-4-12-29-24)16-5-3-6-17(13-16)26(18-10-11-22-23(14-18)32-15-31-22)21-9-2-1-7-20(21)25(28)30-26/h1-14H,15H2,(H2,28,30). The molecule has 2 aliphatic heterocycles. The van der Waals surface area contributed by atoms with Gasteiger partial charge in [-0.15, -0.1) is 0 Å². The van der Waals surface area contributed by atoms with Gasteiger partial charge in [-0.1, -0.05) is 48.5 Å². The fourth-order valence-electron chi connectivity index (χ4n) is 4.56. The number of benzene rings is 3. The summed E-state index contributed by atoms with van der Waals surface area (Å²) in [5.74, 6) is 1.29. The average molecular weight is 423 g/mol. The van der Waals surface area contributed by atoms with Crippen molar-refractivity contribution in [2.75, 3.05) is 6.79 Å². The molecule has 0 aliphatic carbocycles. The van der Waals surface area contributed by atoms with Crippen molar-refractivity contribution in [3.05, 3.63) is 113 Å². The first-order valence-corrected chi connectivity index (χ1v) is 10.2. The lowest BCUT2D eigenvalue weighted by atomic mass is 9.77. The van der Waals surface area contributed by atoms with E-state index in [0.717, 1.165) is 22.3 Å². The Morgan fingerprint density at radius 1 is 0.812 bits per heavy atom. The topological polar surface area (TPSA) is 69.7 Å². The molecule has 32 heavy (non-hydrogen) atoms. The predicted octanol–water partition coefficient (Wildman–Crippen LogP) is 4.63. The number of hydrogen-bond donors (Lipinski definition) is 1. The van der Waals surface area contributed by atoms with Crippen LogP contribution in [0.4, 0.5) is 4.39 Å². The zero-order valence-electron chi connectivity index (χ0n) is 17.0. The van der Waals surface area contributed by atoms with Crippen LogP contribution in [0, 0.1) is 5.95 Å². The molecule has 1 unspecified atom stereocenters. The molecular weight excluding hydrogens is 405 g/mol. The van der Waals surface area contributed by atoms with Crippen LogP contribution < -0.4 is 15.2 Å². The first kappa shape index (κ1) is 18.6. The molecule has 3 heterocycles. The molecule has 4 aromatic rings. The van der Waals surface area contributed by atoms with Crippen molar-refractivity contribution < 1.29 is 13.9 Å². The number of aromatic nitrogens is 1. The second-order valence-electron chi connectivity index (χ2n) is 7.74. The molecule has 0 amide bonds. The number of fused-ring (bicyclic) bond motifs is 2. The Morgan fingerprint density at radius 3 is 2.53 bits per heavy atom. The number of hydrogen-bond acceptors (Lipinski definition) is 5. The zero-order chi connectivity index (χ0) is 21.7. The highest BCUT2D eigenvalue weighted by atomic mass is 19.1. The number of nitrogens with two attached hydrogens (primary N) is 1. The highest BCUT2D eigenvalue weighted by Crippen LogP contribution is 2.48. The van der Waals surface area contributed by atoms with Crippen LogP contribution in [0.2, 0.25) is 0 Å². The molecule has 1 aromatic heterocycles. The minimum absolute atomic E-state index is 0.184. The predicted molar refractivity (Wildman–Crippen MR) is 119 cm³/mol. The molecule has 0 bridgehead atoms. The lowest BCUT2D eigenvalue weighted by Crippen LogP contribution is -2.25. The van der Waals surface area contributed by atoms with Crippen LogP contribution in [0.25, 0.3) is 11.1 Å². The van der Waals surface area contributed by atoms with Crippen LogP contribution in [-0.2, 0) is 5.54 Å². The van der Waals surface area contributed by atoms with Crippen molar-refractivity contribution in [1.82, 2.24) is 4.98 Å². The summed E-state index contributed by atoms with van der Waals surface area (Å²) in [5.41, 5.74) is 10.2. The van der Waals surface area contributed by atoms with Crippen LogP contribution in [0.5, 0.6) is 11.5 Å². The fraction of sp³-hybridized carbons (Fsp3) is 0.0769. The highest BCUT2D eigenvalue weighted by Gasteiger charge is 2.43. The van der Waals surface area contributed by atoms with Gasteiger partial charge in [-0.25, -0.2) is 9.98 Å². The number of amidine groups is 1. The Morgan fingerprint density at radius 2 is 1.62 bits per heavy atom. The molecule has 0 fully saturated rings. The number of nitrogens with zero attached hydrogens (tertiary/aromatic N) is 2. The molecule has 0 radical (unpaired) electrons. The summed E-state index contributed by atoms with van der Waals surface area (Å²) in [5, 5.41) is 0. The van der Waals surface area contributed by atoms with Crippen molar-refractivity contribution in [2.45, 2.75) is 5.54 Å². The molecule has 0 saturated carbocycles. The largest absolute Gasteiger partial charge is 0.454 e. The minimum atomic E-state index is -0.906. The molecule has 2 aliphatic rings. The van der Waals surface area contributed by atoms with E-state index in [9.17, 15) is 4.39 Å².